The normalized spacial score (nSPS) is 11.1. The Morgan fingerprint density at radius 2 is 1.90 bits per heavy atom. The number of halogens is 2. The summed E-state index contributed by atoms with van der Waals surface area (Å²) < 4.78 is 27.2. The van der Waals surface area contributed by atoms with E-state index < -0.39 is 11.6 Å². The lowest BCUT2D eigenvalue weighted by Gasteiger charge is -2.20. The van der Waals surface area contributed by atoms with Crippen molar-refractivity contribution in [3.05, 3.63) is 34.9 Å². The second kappa shape index (κ2) is 7.93. The zero-order valence-electron chi connectivity index (χ0n) is 12.2. The third kappa shape index (κ3) is 4.87. The predicted molar refractivity (Wildman–Crippen MR) is 75.2 cm³/mol. The van der Waals surface area contributed by atoms with Gasteiger partial charge in [0.15, 0.2) is 0 Å². The highest BCUT2D eigenvalue weighted by atomic mass is 19.1. The van der Waals surface area contributed by atoms with Crippen LogP contribution in [0.1, 0.15) is 31.4 Å². The maximum Gasteiger partial charge on any atom is 0.131 e. The van der Waals surface area contributed by atoms with Gasteiger partial charge >= 0.3 is 0 Å². The van der Waals surface area contributed by atoms with Crippen LogP contribution in [0.2, 0.25) is 0 Å². The van der Waals surface area contributed by atoms with E-state index in [-0.39, 0.29) is 17.7 Å². The van der Waals surface area contributed by atoms with Gasteiger partial charge < -0.3 is 10.2 Å². The van der Waals surface area contributed by atoms with E-state index in [0.29, 0.717) is 12.6 Å². The number of hydrogen-bond donors (Lipinski definition) is 1. The summed E-state index contributed by atoms with van der Waals surface area (Å²) in [6, 6.07) is 4.34. The minimum Gasteiger partial charge on any atom is -0.312 e. The first-order valence-corrected chi connectivity index (χ1v) is 6.74. The van der Waals surface area contributed by atoms with E-state index in [1.54, 1.807) is 6.07 Å². The molecule has 20 heavy (non-hydrogen) atoms. The molecule has 0 amide bonds. The summed E-state index contributed by atoms with van der Waals surface area (Å²) in [4.78, 5) is 2.21. The fourth-order valence-electron chi connectivity index (χ4n) is 1.76. The molecule has 0 saturated carbocycles. The van der Waals surface area contributed by atoms with E-state index in [1.165, 1.54) is 0 Å². The van der Waals surface area contributed by atoms with E-state index in [2.05, 4.69) is 24.1 Å². The van der Waals surface area contributed by atoms with Gasteiger partial charge in [-0.25, -0.2) is 8.78 Å². The molecule has 1 aromatic carbocycles. The average Bonchev–Trinajstić information content (AvgIpc) is 2.40. The van der Waals surface area contributed by atoms with E-state index in [4.69, 9.17) is 5.26 Å². The highest BCUT2D eigenvalue weighted by Gasteiger charge is 2.10. The van der Waals surface area contributed by atoms with Crippen molar-refractivity contribution in [2.24, 2.45) is 0 Å². The van der Waals surface area contributed by atoms with Crippen LogP contribution < -0.4 is 5.32 Å². The molecule has 0 aliphatic carbocycles. The molecule has 1 N–H and O–H groups in total. The molecule has 0 fully saturated rings. The van der Waals surface area contributed by atoms with Crippen LogP contribution in [0.25, 0.3) is 0 Å². The molecule has 0 aliphatic rings. The van der Waals surface area contributed by atoms with Gasteiger partial charge in [0.1, 0.15) is 11.6 Å². The molecule has 0 radical (unpaired) electrons. The Hall–Kier alpha value is -1.51. The van der Waals surface area contributed by atoms with E-state index in [1.807, 2.05) is 7.05 Å². The van der Waals surface area contributed by atoms with Crippen LogP contribution in [-0.4, -0.2) is 31.1 Å². The Morgan fingerprint density at radius 3 is 2.40 bits per heavy atom. The van der Waals surface area contributed by atoms with Crippen LogP contribution in [0, 0.1) is 23.0 Å². The third-order valence-electron chi connectivity index (χ3n) is 3.32. The maximum absolute atomic E-state index is 13.6. The summed E-state index contributed by atoms with van der Waals surface area (Å²) in [5.41, 5.74) is -0.0106. The molecule has 0 atom stereocenters. The minimum atomic E-state index is -0.673. The first kappa shape index (κ1) is 16.5. The minimum absolute atomic E-state index is 0.00214. The number of nitriles is 1. The molecule has 1 aromatic rings. The number of nitrogens with zero attached hydrogens (tertiary/aromatic N) is 2. The van der Waals surface area contributed by atoms with Gasteiger partial charge in [-0.15, -0.1) is 0 Å². The van der Waals surface area contributed by atoms with Gasteiger partial charge in [0.05, 0.1) is 11.6 Å². The van der Waals surface area contributed by atoms with Crippen molar-refractivity contribution in [1.29, 1.82) is 5.26 Å². The van der Waals surface area contributed by atoms with Crippen LogP contribution in [0.5, 0.6) is 0 Å². The van der Waals surface area contributed by atoms with Gasteiger partial charge in [-0.1, -0.05) is 0 Å². The Balaban J connectivity index is 2.42. The fraction of sp³-hybridized carbons (Fsp3) is 0.533. The summed E-state index contributed by atoms with van der Waals surface area (Å²) in [6.07, 6.45) is 0.911. The highest BCUT2D eigenvalue weighted by molar-refractivity contribution is 5.34. The van der Waals surface area contributed by atoms with Crippen molar-refractivity contribution in [2.75, 3.05) is 20.1 Å². The van der Waals surface area contributed by atoms with Crippen molar-refractivity contribution >= 4 is 0 Å². The van der Waals surface area contributed by atoms with E-state index in [0.717, 1.165) is 25.1 Å². The number of rotatable bonds is 7. The molecule has 0 saturated heterocycles. The first-order chi connectivity index (χ1) is 9.45. The Labute approximate surface area is 119 Å². The maximum atomic E-state index is 13.6. The van der Waals surface area contributed by atoms with Crippen molar-refractivity contribution in [3.8, 4) is 6.07 Å². The van der Waals surface area contributed by atoms with Crippen molar-refractivity contribution < 1.29 is 8.78 Å². The Morgan fingerprint density at radius 1 is 1.30 bits per heavy atom. The second-order valence-electron chi connectivity index (χ2n) is 5.13. The smallest absolute Gasteiger partial charge is 0.131 e. The molecule has 5 heteroatoms. The molecule has 0 heterocycles. The molecule has 1 rings (SSSR count). The lowest BCUT2D eigenvalue weighted by Crippen LogP contribution is -2.29. The van der Waals surface area contributed by atoms with Crippen LogP contribution >= 0.6 is 0 Å². The van der Waals surface area contributed by atoms with Crippen LogP contribution in [-0.2, 0) is 6.54 Å². The fourth-order valence-corrected chi connectivity index (χ4v) is 1.76. The summed E-state index contributed by atoms with van der Waals surface area (Å²) in [6.45, 7) is 6.00. The van der Waals surface area contributed by atoms with Crippen molar-refractivity contribution in [3.63, 3.8) is 0 Å². The standard InChI is InChI=1S/C15H21F2N3/c1-11(2)20(3)6-4-5-19-10-13-14(16)7-12(9-18)8-15(13)17/h7-8,11,19H,4-6,10H2,1-3H3. The van der Waals surface area contributed by atoms with Crippen molar-refractivity contribution in [1.82, 2.24) is 10.2 Å². The summed E-state index contributed by atoms with van der Waals surface area (Å²) in [5, 5.41) is 11.6. The quantitative estimate of drug-likeness (QED) is 0.781. The Bertz CT molecular complexity index is 457. The highest BCUT2D eigenvalue weighted by Crippen LogP contribution is 2.14. The van der Waals surface area contributed by atoms with Crippen LogP contribution in [0.4, 0.5) is 8.78 Å². The topological polar surface area (TPSA) is 39.1 Å². The van der Waals surface area contributed by atoms with Gasteiger partial charge in [-0.05, 0) is 52.5 Å². The van der Waals surface area contributed by atoms with Crippen LogP contribution in [0.15, 0.2) is 12.1 Å². The van der Waals surface area contributed by atoms with Gasteiger partial charge in [-0.2, -0.15) is 5.26 Å². The number of benzene rings is 1. The summed E-state index contributed by atoms with van der Waals surface area (Å²) >= 11 is 0. The number of hydrogen-bond acceptors (Lipinski definition) is 3. The molecule has 0 bridgehead atoms. The average molecular weight is 281 g/mol. The zero-order valence-corrected chi connectivity index (χ0v) is 12.2. The second-order valence-corrected chi connectivity index (χ2v) is 5.13. The summed E-state index contributed by atoms with van der Waals surface area (Å²) in [7, 11) is 2.05. The molecule has 0 spiro atoms. The number of nitrogens with one attached hydrogen (secondary N) is 1. The predicted octanol–water partition coefficient (Wildman–Crippen LogP) is 2.66. The zero-order chi connectivity index (χ0) is 15.1. The third-order valence-corrected chi connectivity index (χ3v) is 3.32. The van der Waals surface area contributed by atoms with Gasteiger partial charge in [0.2, 0.25) is 0 Å². The largest absolute Gasteiger partial charge is 0.312 e. The van der Waals surface area contributed by atoms with E-state index in [9.17, 15) is 8.78 Å². The van der Waals surface area contributed by atoms with Gasteiger partial charge in [-0.3, -0.25) is 0 Å². The monoisotopic (exact) mass is 281 g/mol. The molecule has 0 aliphatic heterocycles. The van der Waals surface area contributed by atoms with Gasteiger partial charge in [0, 0.05) is 18.2 Å². The van der Waals surface area contributed by atoms with Crippen molar-refractivity contribution in [2.45, 2.75) is 32.9 Å². The molecule has 3 nitrogen and oxygen atoms in total. The molecule has 0 unspecified atom stereocenters. The SMILES string of the molecule is CC(C)N(C)CCCNCc1c(F)cc(C#N)cc1F. The lowest BCUT2D eigenvalue weighted by molar-refractivity contribution is 0.269. The lowest BCUT2D eigenvalue weighted by atomic mass is 10.1. The summed E-state index contributed by atoms with van der Waals surface area (Å²) in [5.74, 6) is -1.35. The van der Waals surface area contributed by atoms with Crippen LogP contribution in [0.3, 0.4) is 0 Å². The van der Waals surface area contributed by atoms with E-state index >= 15 is 0 Å². The molecular formula is C15H21F2N3. The van der Waals surface area contributed by atoms with Gasteiger partial charge in [0.25, 0.3) is 0 Å². The first-order valence-electron chi connectivity index (χ1n) is 6.74. The molecular weight excluding hydrogens is 260 g/mol. The molecule has 0 aromatic heterocycles. The molecule has 110 valence electrons. The Kier molecular flexibility index (Phi) is 6.56.